The Morgan fingerprint density at radius 2 is 1.55 bits per heavy atom. The van der Waals surface area contributed by atoms with Crippen molar-refractivity contribution in [2.75, 3.05) is 19.6 Å². The van der Waals surface area contributed by atoms with Crippen LogP contribution in [-0.2, 0) is 19.5 Å². The maximum atomic E-state index is 9.37. The third-order valence-electron chi connectivity index (χ3n) is 7.82. The number of benzene rings is 3. The van der Waals surface area contributed by atoms with Gasteiger partial charge in [0.1, 0.15) is 5.69 Å². The van der Waals surface area contributed by atoms with E-state index in [0.717, 1.165) is 49.5 Å². The van der Waals surface area contributed by atoms with Crippen LogP contribution >= 0.6 is 0 Å². The number of imidazole rings is 1. The first kappa shape index (κ1) is 25.9. The first-order valence-electron chi connectivity index (χ1n) is 14.1. The molecule has 0 radical (unpaired) electrons. The van der Waals surface area contributed by atoms with Gasteiger partial charge in [-0.15, -0.1) is 0 Å². The van der Waals surface area contributed by atoms with Crippen LogP contribution in [0.5, 0.6) is 0 Å². The van der Waals surface area contributed by atoms with E-state index in [0.29, 0.717) is 23.8 Å². The van der Waals surface area contributed by atoms with Crippen molar-refractivity contribution >= 4 is 11.0 Å². The van der Waals surface area contributed by atoms with Crippen molar-refractivity contribution in [3.63, 3.8) is 0 Å². The minimum Gasteiger partial charge on any atom is -0.318 e. The average molecular weight is 527 g/mol. The lowest BCUT2D eigenvalue weighted by molar-refractivity contribution is 0.191. The Morgan fingerprint density at radius 3 is 2.33 bits per heavy atom. The molecule has 6 heteroatoms. The van der Waals surface area contributed by atoms with E-state index in [9.17, 15) is 5.26 Å². The second-order valence-corrected chi connectivity index (χ2v) is 10.6. The summed E-state index contributed by atoms with van der Waals surface area (Å²) < 4.78 is 2.20. The van der Waals surface area contributed by atoms with Crippen LogP contribution in [0.15, 0.2) is 97.2 Å². The van der Waals surface area contributed by atoms with Gasteiger partial charge in [-0.1, -0.05) is 66.7 Å². The molecule has 0 aliphatic carbocycles. The van der Waals surface area contributed by atoms with Crippen LogP contribution in [0.3, 0.4) is 0 Å². The van der Waals surface area contributed by atoms with Gasteiger partial charge in [-0.25, -0.2) is 4.98 Å². The SMILES string of the molecule is N#Cc1ccnc(-c2nc3ccccc3n2Cc2ccc(CN3CCC(NCCc4ccccc4)CC3)cc2)c1. The summed E-state index contributed by atoms with van der Waals surface area (Å²) in [5.41, 5.74) is 7.24. The standard InChI is InChI=1S/C34H34N6/c35-23-29-15-19-37-32(22-29)34-38-31-8-4-5-9-33(31)40(34)25-28-12-10-27(11-13-28)24-39-20-16-30(17-21-39)36-18-14-26-6-2-1-3-7-26/h1-13,15,19,22,30,36H,14,16-18,20-21,24-25H2. The van der Waals surface area contributed by atoms with E-state index < -0.39 is 0 Å². The molecule has 0 bridgehead atoms. The Hall–Kier alpha value is -4.31. The number of fused-ring (bicyclic) bond motifs is 1. The first-order valence-corrected chi connectivity index (χ1v) is 14.1. The number of hydrogen-bond acceptors (Lipinski definition) is 5. The molecule has 40 heavy (non-hydrogen) atoms. The smallest absolute Gasteiger partial charge is 0.160 e. The zero-order valence-electron chi connectivity index (χ0n) is 22.7. The molecule has 3 aromatic carbocycles. The van der Waals surface area contributed by atoms with E-state index in [4.69, 9.17) is 4.98 Å². The molecule has 1 aliphatic heterocycles. The van der Waals surface area contributed by atoms with Crippen molar-refractivity contribution in [3.05, 3.63) is 119 Å². The summed E-state index contributed by atoms with van der Waals surface area (Å²) in [7, 11) is 0. The number of piperidine rings is 1. The highest BCUT2D eigenvalue weighted by molar-refractivity contribution is 5.80. The average Bonchev–Trinajstić information content (AvgIpc) is 3.38. The van der Waals surface area contributed by atoms with Crippen LogP contribution in [0.25, 0.3) is 22.6 Å². The van der Waals surface area contributed by atoms with Crippen LogP contribution in [0.2, 0.25) is 0 Å². The molecule has 0 atom stereocenters. The van der Waals surface area contributed by atoms with Gasteiger partial charge in [-0.2, -0.15) is 5.26 Å². The third-order valence-corrected chi connectivity index (χ3v) is 7.82. The first-order chi connectivity index (χ1) is 19.7. The number of para-hydroxylation sites is 2. The fourth-order valence-corrected chi connectivity index (χ4v) is 5.60. The zero-order valence-corrected chi connectivity index (χ0v) is 22.7. The Bertz CT molecular complexity index is 1590. The van der Waals surface area contributed by atoms with Crippen LogP contribution in [0, 0.1) is 11.3 Å². The number of aromatic nitrogens is 3. The second-order valence-electron chi connectivity index (χ2n) is 10.6. The Labute approximate surface area is 235 Å². The summed E-state index contributed by atoms with van der Waals surface area (Å²) in [6.07, 6.45) is 5.16. The van der Waals surface area contributed by atoms with Gasteiger partial charge in [0.2, 0.25) is 0 Å². The fraction of sp³-hybridized carbons (Fsp3) is 0.265. The topological polar surface area (TPSA) is 69.8 Å². The van der Waals surface area contributed by atoms with Crippen LogP contribution in [0.4, 0.5) is 0 Å². The van der Waals surface area contributed by atoms with Crippen molar-refractivity contribution < 1.29 is 0 Å². The summed E-state index contributed by atoms with van der Waals surface area (Å²) in [5, 5.41) is 13.1. The van der Waals surface area contributed by atoms with Gasteiger partial charge in [-0.05, 0) is 79.9 Å². The molecular formula is C34H34N6. The van der Waals surface area contributed by atoms with Crippen LogP contribution in [0.1, 0.15) is 35.1 Å². The highest BCUT2D eigenvalue weighted by Crippen LogP contribution is 2.25. The lowest BCUT2D eigenvalue weighted by Gasteiger charge is -2.32. The summed E-state index contributed by atoms with van der Waals surface area (Å²) in [6.45, 7) is 4.98. The van der Waals surface area contributed by atoms with E-state index >= 15 is 0 Å². The lowest BCUT2D eigenvalue weighted by atomic mass is 10.0. The Kier molecular flexibility index (Phi) is 7.95. The number of likely N-dealkylation sites (tertiary alicyclic amines) is 1. The predicted octanol–water partition coefficient (Wildman–Crippen LogP) is 5.81. The number of rotatable bonds is 9. The fourth-order valence-electron chi connectivity index (χ4n) is 5.60. The molecule has 1 saturated heterocycles. The molecule has 1 aliphatic rings. The molecular weight excluding hydrogens is 492 g/mol. The highest BCUT2D eigenvalue weighted by atomic mass is 15.1. The van der Waals surface area contributed by atoms with E-state index in [2.05, 4.69) is 86.5 Å². The Balaban J connectivity index is 1.07. The summed E-state index contributed by atoms with van der Waals surface area (Å²) in [4.78, 5) is 12.0. The van der Waals surface area contributed by atoms with Crippen molar-refractivity contribution in [2.45, 2.75) is 38.4 Å². The molecule has 0 amide bonds. The van der Waals surface area contributed by atoms with Gasteiger partial charge < -0.3 is 9.88 Å². The van der Waals surface area contributed by atoms with Gasteiger partial charge in [0, 0.05) is 25.3 Å². The van der Waals surface area contributed by atoms with Gasteiger partial charge in [-0.3, -0.25) is 9.88 Å². The normalized spacial score (nSPS) is 14.4. The maximum Gasteiger partial charge on any atom is 0.160 e. The van der Waals surface area contributed by atoms with E-state index in [1.165, 1.54) is 29.5 Å². The number of nitriles is 1. The summed E-state index contributed by atoms with van der Waals surface area (Å²) in [6, 6.07) is 34.2. The predicted molar refractivity (Wildman–Crippen MR) is 160 cm³/mol. The van der Waals surface area contributed by atoms with Gasteiger partial charge in [0.15, 0.2) is 5.82 Å². The molecule has 5 aromatic rings. The van der Waals surface area contributed by atoms with Crippen molar-refractivity contribution in [1.82, 2.24) is 24.8 Å². The van der Waals surface area contributed by atoms with Gasteiger partial charge >= 0.3 is 0 Å². The quantitative estimate of drug-likeness (QED) is 0.262. The maximum absolute atomic E-state index is 9.37. The molecule has 1 fully saturated rings. The van der Waals surface area contributed by atoms with Crippen LogP contribution in [-0.4, -0.2) is 45.1 Å². The van der Waals surface area contributed by atoms with Crippen molar-refractivity contribution in [3.8, 4) is 17.6 Å². The van der Waals surface area contributed by atoms with Gasteiger partial charge in [0.05, 0.1) is 22.7 Å². The molecule has 0 spiro atoms. The number of pyridine rings is 1. The molecule has 0 unspecified atom stereocenters. The number of hydrogen-bond donors (Lipinski definition) is 1. The van der Waals surface area contributed by atoms with E-state index in [1.54, 1.807) is 12.3 Å². The molecule has 6 rings (SSSR count). The number of nitrogens with one attached hydrogen (secondary N) is 1. The van der Waals surface area contributed by atoms with Crippen LogP contribution < -0.4 is 5.32 Å². The van der Waals surface area contributed by atoms with Gasteiger partial charge in [0.25, 0.3) is 0 Å². The largest absolute Gasteiger partial charge is 0.318 e. The van der Waals surface area contributed by atoms with E-state index in [1.807, 2.05) is 24.3 Å². The molecule has 3 heterocycles. The monoisotopic (exact) mass is 526 g/mol. The lowest BCUT2D eigenvalue weighted by Crippen LogP contribution is -2.42. The molecule has 2 aromatic heterocycles. The van der Waals surface area contributed by atoms with Crippen molar-refractivity contribution in [1.29, 1.82) is 5.26 Å². The molecule has 0 saturated carbocycles. The Morgan fingerprint density at radius 1 is 0.825 bits per heavy atom. The third kappa shape index (κ3) is 6.12. The second kappa shape index (κ2) is 12.3. The highest BCUT2D eigenvalue weighted by Gasteiger charge is 2.19. The molecule has 200 valence electrons. The molecule has 6 nitrogen and oxygen atoms in total. The van der Waals surface area contributed by atoms with E-state index in [-0.39, 0.29) is 0 Å². The molecule has 1 N–H and O–H groups in total. The minimum atomic E-state index is 0.583. The summed E-state index contributed by atoms with van der Waals surface area (Å²) in [5.74, 6) is 0.780. The van der Waals surface area contributed by atoms with Crippen molar-refractivity contribution in [2.24, 2.45) is 0 Å². The summed E-state index contributed by atoms with van der Waals surface area (Å²) >= 11 is 0. The number of nitrogens with zero attached hydrogens (tertiary/aromatic N) is 5. The zero-order chi connectivity index (χ0) is 27.1. The minimum absolute atomic E-state index is 0.583.